The Morgan fingerprint density at radius 2 is 2.12 bits per heavy atom. The van der Waals surface area contributed by atoms with E-state index in [1.54, 1.807) is 30.1 Å². The Kier molecular flexibility index (Phi) is 6.31. The number of aromatic nitrogens is 3. The molecule has 0 aliphatic carbocycles. The molecule has 1 atom stereocenters. The first-order valence-corrected chi connectivity index (χ1v) is 10.3. The average Bonchev–Trinajstić information content (AvgIpc) is 3.20. The van der Waals surface area contributed by atoms with Crippen molar-refractivity contribution in [2.75, 3.05) is 27.4 Å². The lowest BCUT2D eigenvalue weighted by molar-refractivity contribution is -0.129. The van der Waals surface area contributed by atoms with Crippen molar-refractivity contribution < 1.29 is 18.7 Å². The first kappa shape index (κ1) is 21.7. The van der Waals surface area contributed by atoms with Gasteiger partial charge in [-0.15, -0.1) is 5.10 Å². The van der Waals surface area contributed by atoms with Crippen molar-refractivity contribution in [3.8, 4) is 0 Å². The van der Waals surface area contributed by atoms with Gasteiger partial charge in [0, 0.05) is 25.4 Å². The molecule has 168 valence electrons. The molecule has 0 saturated carbocycles. The number of rotatable bonds is 4. The van der Waals surface area contributed by atoms with E-state index in [0.717, 1.165) is 11.4 Å². The van der Waals surface area contributed by atoms with Gasteiger partial charge in [0.1, 0.15) is 24.9 Å². The van der Waals surface area contributed by atoms with Crippen LogP contribution in [0.4, 0.5) is 4.39 Å². The van der Waals surface area contributed by atoms with E-state index in [1.165, 1.54) is 17.1 Å². The summed E-state index contributed by atoms with van der Waals surface area (Å²) in [5, 5.41) is 6.90. The number of carbonyl (C=O) groups is 2. The molecule has 1 aromatic carbocycles. The number of hydrogen-bond acceptors (Lipinski definition) is 6. The third-order valence-electron chi connectivity index (χ3n) is 5.53. The van der Waals surface area contributed by atoms with Gasteiger partial charge in [-0.3, -0.25) is 9.59 Å². The smallest absolute Gasteiger partial charge is 0.291 e. The normalized spacial score (nSPS) is 20.3. The van der Waals surface area contributed by atoms with E-state index in [-0.39, 0.29) is 24.1 Å². The maximum atomic E-state index is 13.9. The molecule has 0 fully saturated rings. The molecule has 32 heavy (non-hydrogen) atoms. The third kappa shape index (κ3) is 4.54. The summed E-state index contributed by atoms with van der Waals surface area (Å²) >= 11 is 0. The van der Waals surface area contributed by atoms with E-state index < -0.39 is 11.9 Å². The molecule has 9 nitrogen and oxygen atoms in total. The zero-order chi connectivity index (χ0) is 22.7. The predicted molar refractivity (Wildman–Crippen MR) is 114 cm³/mol. The second kappa shape index (κ2) is 9.31. The lowest BCUT2D eigenvalue weighted by atomic mass is 10.1. The van der Waals surface area contributed by atoms with Crippen molar-refractivity contribution in [2.24, 2.45) is 0 Å². The van der Waals surface area contributed by atoms with Gasteiger partial charge in [0.25, 0.3) is 5.91 Å². The number of likely N-dealkylation sites (N-methyl/N-ethyl adjacent to an activating group) is 1. The van der Waals surface area contributed by atoms with Crippen molar-refractivity contribution in [2.45, 2.75) is 25.4 Å². The molecule has 4 rings (SSSR count). The minimum absolute atomic E-state index is 0.0715. The van der Waals surface area contributed by atoms with Crippen LogP contribution in [0.2, 0.25) is 0 Å². The molecular weight excluding hydrogens is 415 g/mol. The fraction of sp³-hybridized carbons (Fsp3) is 0.364. The van der Waals surface area contributed by atoms with Crippen LogP contribution in [0, 0.1) is 5.82 Å². The Morgan fingerprint density at radius 3 is 2.94 bits per heavy atom. The molecule has 1 aromatic heterocycles. The van der Waals surface area contributed by atoms with Gasteiger partial charge in [0.05, 0.1) is 18.8 Å². The van der Waals surface area contributed by atoms with Gasteiger partial charge in [-0.2, -0.15) is 0 Å². The summed E-state index contributed by atoms with van der Waals surface area (Å²) in [6.45, 7) is 1.03. The van der Waals surface area contributed by atoms with Crippen molar-refractivity contribution in [1.29, 1.82) is 0 Å². The quantitative estimate of drug-likeness (QED) is 0.775. The van der Waals surface area contributed by atoms with Gasteiger partial charge >= 0.3 is 0 Å². The van der Waals surface area contributed by atoms with Crippen LogP contribution in [-0.2, 0) is 16.1 Å². The number of allylic oxidation sites excluding steroid dienone is 2. The number of amides is 2. The monoisotopic (exact) mass is 440 g/mol. The molecule has 2 aliphatic heterocycles. The first-order valence-electron chi connectivity index (χ1n) is 10.3. The Hall–Kier alpha value is -3.53. The zero-order valence-corrected chi connectivity index (χ0v) is 18.0. The van der Waals surface area contributed by atoms with Crippen LogP contribution in [0.3, 0.4) is 0 Å². The maximum Gasteiger partial charge on any atom is 0.291 e. The number of ether oxygens (including phenoxy) is 1. The van der Waals surface area contributed by atoms with E-state index in [9.17, 15) is 14.0 Å². The van der Waals surface area contributed by atoms with Gasteiger partial charge in [-0.1, -0.05) is 24.3 Å². The number of halogens is 1. The molecule has 0 radical (unpaired) electrons. The zero-order valence-electron chi connectivity index (χ0n) is 18.0. The summed E-state index contributed by atoms with van der Waals surface area (Å²) < 4.78 is 20.8. The van der Waals surface area contributed by atoms with Crippen LogP contribution >= 0.6 is 0 Å². The average molecular weight is 440 g/mol. The first-order chi connectivity index (χ1) is 15.4. The molecule has 0 bridgehead atoms. The minimum atomic E-state index is -0.720. The molecular formula is C22H25FN6O3. The highest BCUT2D eigenvalue weighted by molar-refractivity contribution is 5.95. The highest BCUT2D eigenvalue weighted by Gasteiger charge is 2.32. The van der Waals surface area contributed by atoms with E-state index in [0.29, 0.717) is 31.7 Å². The Bertz CT molecular complexity index is 1080. The SMILES string of the molecule is CN1COC/C=C\C2=C1CC[C@@H](NC(=O)c1ncn(Cc3ccccc3F)n1)C(=O)N2C. The topological polar surface area (TPSA) is 92.6 Å². The number of carbonyl (C=O) groups excluding carboxylic acids is 2. The van der Waals surface area contributed by atoms with E-state index in [4.69, 9.17) is 4.74 Å². The number of benzene rings is 1. The Balaban J connectivity index is 1.46. The molecule has 2 aromatic rings. The molecule has 0 unspecified atom stereocenters. The van der Waals surface area contributed by atoms with Crippen LogP contribution in [-0.4, -0.2) is 69.9 Å². The van der Waals surface area contributed by atoms with Crippen LogP contribution in [0.1, 0.15) is 29.0 Å². The van der Waals surface area contributed by atoms with Gasteiger partial charge in [-0.05, 0) is 25.0 Å². The summed E-state index contributed by atoms with van der Waals surface area (Å²) in [4.78, 5) is 33.4. The number of nitrogens with one attached hydrogen (secondary N) is 1. The molecule has 2 amide bonds. The maximum absolute atomic E-state index is 13.9. The fourth-order valence-corrected chi connectivity index (χ4v) is 3.80. The standard InChI is InChI=1S/C22H25FN6O3/c1-27-14-32-11-5-8-19-18(27)10-9-17(22(31)28(19)2)25-21(30)20-24-13-29(26-20)12-15-6-3-4-7-16(15)23/h3-8,13,17H,9-12,14H2,1-2H3,(H,25,30)/b8-5-/t17-/m1/s1. The van der Waals surface area contributed by atoms with Crippen molar-refractivity contribution >= 4 is 11.8 Å². The van der Waals surface area contributed by atoms with Crippen molar-refractivity contribution in [1.82, 2.24) is 29.9 Å². The Morgan fingerprint density at radius 1 is 1.31 bits per heavy atom. The molecule has 3 heterocycles. The number of nitrogens with zero attached hydrogens (tertiary/aromatic N) is 5. The summed E-state index contributed by atoms with van der Waals surface area (Å²) in [5.41, 5.74) is 2.21. The molecule has 2 aliphatic rings. The van der Waals surface area contributed by atoms with E-state index in [1.807, 2.05) is 24.1 Å². The lowest BCUT2D eigenvalue weighted by Crippen LogP contribution is -2.46. The summed E-state index contributed by atoms with van der Waals surface area (Å²) in [5.74, 6) is -1.19. The van der Waals surface area contributed by atoms with Crippen LogP contribution in [0.5, 0.6) is 0 Å². The van der Waals surface area contributed by atoms with Crippen molar-refractivity contribution in [3.05, 3.63) is 71.3 Å². The minimum Gasteiger partial charge on any atom is -0.357 e. The van der Waals surface area contributed by atoms with Crippen LogP contribution in [0.15, 0.2) is 54.1 Å². The number of hydrogen-bond donors (Lipinski definition) is 1. The molecule has 0 saturated heterocycles. The highest BCUT2D eigenvalue weighted by atomic mass is 19.1. The fourth-order valence-electron chi connectivity index (χ4n) is 3.80. The highest BCUT2D eigenvalue weighted by Crippen LogP contribution is 2.26. The van der Waals surface area contributed by atoms with Crippen molar-refractivity contribution in [3.63, 3.8) is 0 Å². The molecule has 1 N–H and O–H groups in total. The summed E-state index contributed by atoms with van der Waals surface area (Å²) in [7, 11) is 3.61. The van der Waals surface area contributed by atoms with Crippen LogP contribution < -0.4 is 5.32 Å². The third-order valence-corrected chi connectivity index (χ3v) is 5.53. The molecule has 10 heteroatoms. The largest absolute Gasteiger partial charge is 0.357 e. The van der Waals surface area contributed by atoms with Gasteiger partial charge in [0.15, 0.2) is 0 Å². The predicted octanol–water partition coefficient (Wildman–Crippen LogP) is 1.50. The van der Waals surface area contributed by atoms with Gasteiger partial charge in [-0.25, -0.2) is 14.1 Å². The lowest BCUT2D eigenvalue weighted by Gasteiger charge is -2.28. The van der Waals surface area contributed by atoms with Gasteiger partial charge < -0.3 is 19.9 Å². The van der Waals surface area contributed by atoms with Gasteiger partial charge in [0.2, 0.25) is 11.7 Å². The summed E-state index contributed by atoms with van der Waals surface area (Å²) in [6, 6.07) is 5.63. The second-order valence-electron chi connectivity index (χ2n) is 7.75. The summed E-state index contributed by atoms with van der Waals surface area (Å²) in [6.07, 6.45) is 6.14. The second-order valence-corrected chi connectivity index (χ2v) is 7.75. The van der Waals surface area contributed by atoms with Crippen LogP contribution in [0.25, 0.3) is 0 Å². The molecule has 0 spiro atoms. The van der Waals surface area contributed by atoms with E-state index in [2.05, 4.69) is 15.4 Å². The Labute approximate surface area is 185 Å². The van der Waals surface area contributed by atoms with E-state index >= 15 is 0 Å².